The van der Waals surface area contributed by atoms with Crippen LogP contribution in [0.25, 0.3) is 11.8 Å². The summed E-state index contributed by atoms with van der Waals surface area (Å²) >= 11 is 0. The summed E-state index contributed by atoms with van der Waals surface area (Å²) in [6.07, 6.45) is 6.33. The summed E-state index contributed by atoms with van der Waals surface area (Å²) in [4.78, 5) is 16.5. The fourth-order valence-electron chi connectivity index (χ4n) is 3.70. The molecule has 1 heterocycles. The van der Waals surface area contributed by atoms with E-state index < -0.39 is 12.2 Å². The van der Waals surface area contributed by atoms with Crippen molar-refractivity contribution < 1.29 is 9.18 Å². The summed E-state index contributed by atoms with van der Waals surface area (Å²) < 4.78 is 16.5. The topological polar surface area (TPSA) is 46.9 Å². The summed E-state index contributed by atoms with van der Waals surface area (Å²) in [5.41, 5.74) is 5.64. The molecule has 28 heavy (non-hydrogen) atoms. The molecule has 2 atom stereocenters. The molecule has 1 aliphatic rings. The molecule has 3 aromatic rings. The second kappa shape index (κ2) is 7.43. The minimum atomic E-state index is -1.16. The smallest absolute Gasteiger partial charge is 0.244 e. The average Bonchev–Trinajstić information content (AvgIpc) is 3.24. The summed E-state index contributed by atoms with van der Waals surface area (Å²) in [5, 5.41) is 2.79. The first-order valence-corrected chi connectivity index (χ1v) is 9.33. The van der Waals surface area contributed by atoms with Gasteiger partial charge in [-0.15, -0.1) is 0 Å². The molecular formula is C23H22FN3O. The summed E-state index contributed by atoms with van der Waals surface area (Å²) in [6.45, 7) is 3.97. The Kier molecular flexibility index (Phi) is 4.82. The van der Waals surface area contributed by atoms with Crippen LogP contribution in [0.4, 0.5) is 4.39 Å². The molecule has 1 aliphatic carbocycles. The van der Waals surface area contributed by atoms with E-state index in [0.717, 1.165) is 28.1 Å². The molecule has 5 heteroatoms. The third-order valence-corrected chi connectivity index (χ3v) is 5.11. The predicted octanol–water partition coefficient (Wildman–Crippen LogP) is 4.25. The van der Waals surface area contributed by atoms with E-state index in [1.807, 2.05) is 61.0 Å². The van der Waals surface area contributed by atoms with Crippen LogP contribution < -0.4 is 5.32 Å². The normalized spacial score (nSPS) is 18.4. The molecule has 4 rings (SSSR count). The van der Waals surface area contributed by atoms with Gasteiger partial charge in [0.1, 0.15) is 6.17 Å². The Hall–Kier alpha value is -3.21. The van der Waals surface area contributed by atoms with Gasteiger partial charge in [-0.2, -0.15) is 0 Å². The molecule has 0 radical (unpaired) electrons. The number of nitrogens with one attached hydrogen (secondary N) is 1. The molecule has 0 saturated heterocycles. The lowest BCUT2D eigenvalue weighted by Gasteiger charge is -2.13. The number of nitrogens with zero attached hydrogens (tertiary/aromatic N) is 2. The number of fused-ring (bicyclic) bond motifs is 1. The van der Waals surface area contributed by atoms with Crippen LogP contribution >= 0.6 is 0 Å². The Morgan fingerprint density at radius 2 is 2.07 bits per heavy atom. The van der Waals surface area contributed by atoms with Crippen LogP contribution in [0.5, 0.6) is 0 Å². The molecule has 2 aromatic carbocycles. The van der Waals surface area contributed by atoms with Crippen molar-refractivity contribution in [3.05, 3.63) is 89.0 Å². The van der Waals surface area contributed by atoms with Crippen molar-refractivity contribution in [1.29, 1.82) is 0 Å². The van der Waals surface area contributed by atoms with Gasteiger partial charge < -0.3 is 9.88 Å². The van der Waals surface area contributed by atoms with E-state index in [4.69, 9.17) is 0 Å². The Bertz CT molecular complexity index is 1050. The van der Waals surface area contributed by atoms with Crippen LogP contribution in [-0.2, 0) is 11.2 Å². The highest BCUT2D eigenvalue weighted by atomic mass is 19.1. The van der Waals surface area contributed by atoms with Gasteiger partial charge in [-0.1, -0.05) is 30.3 Å². The molecule has 1 aromatic heterocycles. The molecule has 1 N–H and O–H groups in total. The van der Waals surface area contributed by atoms with Crippen LogP contribution in [0.3, 0.4) is 0 Å². The minimum absolute atomic E-state index is 0.285. The number of amides is 1. The highest BCUT2D eigenvalue weighted by Crippen LogP contribution is 2.34. The fourth-order valence-corrected chi connectivity index (χ4v) is 3.70. The molecular weight excluding hydrogens is 353 g/mol. The van der Waals surface area contributed by atoms with Crippen molar-refractivity contribution in [3.63, 3.8) is 0 Å². The molecule has 0 spiro atoms. The van der Waals surface area contributed by atoms with Crippen molar-refractivity contribution in [2.75, 3.05) is 0 Å². The Morgan fingerprint density at radius 3 is 2.79 bits per heavy atom. The standard InChI is InChI=1S/C23H22FN3O/c1-15-11-17(7-9-21(15)27-13-16(2)25-14-27)8-10-22(28)26-20-12-18-5-3-4-6-19(18)23(20)24/h3-11,13-14,20,23H,12H2,1-2H3,(H,26,28)/b10-8+/t20?,23-/m0/s1. The number of aromatic nitrogens is 2. The molecule has 1 unspecified atom stereocenters. The highest BCUT2D eigenvalue weighted by molar-refractivity contribution is 5.92. The monoisotopic (exact) mass is 375 g/mol. The van der Waals surface area contributed by atoms with Crippen molar-refractivity contribution in [2.45, 2.75) is 32.5 Å². The van der Waals surface area contributed by atoms with Crippen molar-refractivity contribution >= 4 is 12.0 Å². The maximum Gasteiger partial charge on any atom is 0.244 e. The van der Waals surface area contributed by atoms with Crippen LogP contribution in [-0.4, -0.2) is 21.5 Å². The molecule has 0 bridgehead atoms. The van der Waals surface area contributed by atoms with E-state index in [0.29, 0.717) is 12.0 Å². The number of hydrogen-bond acceptors (Lipinski definition) is 2. The van der Waals surface area contributed by atoms with Gasteiger partial charge in [-0.3, -0.25) is 4.79 Å². The van der Waals surface area contributed by atoms with Gasteiger partial charge in [-0.05, 0) is 60.7 Å². The molecule has 142 valence electrons. The Morgan fingerprint density at radius 1 is 1.25 bits per heavy atom. The first kappa shape index (κ1) is 18.2. The first-order valence-electron chi connectivity index (χ1n) is 9.33. The second-order valence-electron chi connectivity index (χ2n) is 7.22. The number of aryl methyl sites for hydroxylation is 2. The number of carbonyl (C=O) groups excluding carboxylic acids is 1. The van der Waals surface area contributed by atoms with Crippen LogP contribution in [0.2, 0.25) is 0 Å². The van der Waals surface area contributed by atoms with E-state index >= 15 is 0 Å². The lowest BCUT2D eigenvalue weighted by Crippen LogP contribution is -2.35. The van der Waals surface area contributed by atoms with Crippen molar-refractivity contribution in [2.24, 2.45) is 0 Å². The quantitative estimate of drug-likeness (QED) is 0.693. The third-order valence-electron chi connectivity index (χ3n) is 5.11. The number of halogens is 1. The van der Waals surface area contributed by atoms with Crippen LogP contribution in [0.1, 0.15) is 34.1 Å². The number of carbonyl (C=O) groups is 1. The maximum absolute atomic E-state index is 14.5. The molecule has 0 fully saturated rings. The largest absolute Gasteiger partial charge is 0.346 e. The minimum Gasteiger partial charge on any atom is -0.346 e. The fraction of sp³-hybridized carbons (Fsp3) is 0.217. The average molecular weight is 375 g/mol. The number of rotatable bonds is 4. The predicted molar refractivity (Wildman–Crippen MR) is 108 cm³/mol. The van der Waals surface area contributed by atoms with Crippen LogP contribution in [0, 0.1) is 13.8 Å². The highest BCUT2D eigenvalue weighted by Gasteiger charge is 2.32. The van der Waals surface area contributed by atoms with E-state index in [-0.39, 0.29) is 5.91 Å². The van der Waals surface area contributed by atoms with E-state index in [1.165, 1.54) is 6.08 Å². The number of alkyl halides is 1. The van der Waals surface area contributed by atoms with Gasteiger partial charge in [0.25, 0.3) is 0 Å². The lowest BCUT2D eigenvalue weighted by atomic mass is 10.1. The van der Waals surface area contributed by atoms with Gasteiger partial charge >= 0.3 is 0 Å². The number of hydrogen-bond donors (Lipinski definition) is 1. The zero-order valence-electron chi connectivity index (χ0n) is 15.9. The van der Waals surface area contributed by atoms with Crippen LogP contribution in [0.15, 0.2) is 61.1 Å². The summed E-state index contributed by atoms with van der Waals surface area (Å²) in [5.74, 6) is -0.285. The molecule has 0 aliphatic heterocycles. The number of imidazole rings is 1. The number of benzene rings is 2. The molecule has 0 saturated carbocycles. The zero-order valence-corrected chi connectivity index (χ0v) is 15.9. The summed E-state index contributed by atoms with van der Waals surface area (Å²) in [6, 6.07) is 12.9. The second-order valence-corrected chi connectivity index (χ2v) is 7.22. The maximum atomic E-state index is 14.5. The molecule has 1 amide bonds. The van der Waals surface area contributed by atoms with Crippen molar-refractivity contribution in [1.82, 2.24) is 14.9 Å². The van der Waals surface area contributed by atoms with Crippen molar-refractivity contribution in [3.8, 4) is 5.69 Å². The van der Waals surface area contributed by atoms with Gasteiger partial charge in [0, 0.05) is 18.0 Å². The van der Waals surface area contributed by atoms with E-state index in [9.17, 15) is 9.18 Å². The molecule has 4 nitrogen and oxygen atoms in total. The SMILES string of the molecule is Cc1cn(-c2ccc(/C=C/C(=O)NC3Cc4ccccc4[C@@H]3F)cc2C)cn1. The summed E-state index contributed by atoms with van der Waals surface area (Å²) in [7, 11) is 0. The van der Waals surface area contributed by atoms with Gasteiger partial charge in [-0.25, -0.2) is 9.37 Å². The lowest BCUT2D eigenvalue weighted by molar-refractivity contribution is -0.117. The zero-order chi connectivity index (χ0) is 19.7. The van der Waals surface area contributed by atoms with E-state index in [2.05, 4.69) is 10.3 Å². The Labute approximate surface area is 163 Å². The Balaban J connectivity index is 1.42. The van der Waals surface area contributed by atoms with Gasteiger partial charge in [0.15, 0.2) is 0 Å². The third kappa shape index (κ3) is 3.60. The van der Waals surface area contributed by atoms with E-state index in [1.54, 1.807) is 18.5 Å². The van der Waals surface area contributed by atoms with Gasteiger partial charge in [0.2, 0.25) is 5.91 Å². The first-order chi connectivity index (χ1) is 13.5. The van der Waals surface area contributed by atoms with Gasteiger partial charge in [0.05, 0.1) is 18.1 Å².